The van der Waals surface area contributed by atoms with Gasteiger partial charge in [-0.3, -0.25) is 9.48 Å². The van der Waals surface area contributed by atoms with Crippen molar-refractivity contribution < 1.29 is 9.90 Å². The van der Waals surface area contributed by atoms with Gasteiger partial charge in [0.25, 0.3) is 5.91 Å². The lowest BCUT2D eigenvalue weighted by Crippen LogP contribution is -2.68. The van der Waals surface area contributed by atoms with Gasteiger partial charge in [-0.25, -0.2) is 0 Å². The highest BCUT2D eigenvalue weighted by Gasteiger charge is 2.57. The summed E-state index contributed by atoms with van der Waals surface area (Å²) in [5.74, 6) is 1.65. The van der Waals surface area contributed by atoms with E-state index in [1.807, 2.05) is 10.7 Å². The van der Waals surface area contributed by atoms with E-state index in [0.717, 1.165) is 57.2 Å². The molecule has 3 atom stereocenters. The van der Waals surface area contributed by atoms with Gasteiger partial charge in [-0.2, -0.15) is 5.10 Å². The molecule has 1 amide bonds. The molecule has 4 aliphatic carbocycles. The Hall–Kier alpha value is -1.36. The Balaban J connectivity index is 1.58. The molecule has 0 spiro atoms. The summed E-state index contributed by atoms with van der Waals surface area (Å²) in [7, 11) is 0. The lowest BCUT2D eigenvalue weighted by atomic mass is 9.51. The van der Waals surface area contributed by atoms with Crippen LogP contribution in [0.25, 0.3) is 0 Å². The van der Waals surface area contributed by atoms with Gasteiger partial charge in [-0.1, -0.05) is 40.5 Å². The Morgan fingerprint density at radius 2 is 1.93 bits per heavy atom. The number of aryl methyl sites for hydroxylation is 1. The maximum atomic E-state index is 13.4. The van der Waals surface area contributed by atoms with Crippen LogP contribution >= 0.6 is 0 Å². The van der Waals surface area contributed by atoms with Crippen molar-refractivity contribution in [2.75, 3.05) is 0 Å². The fourth-order valence-electron chi connectivity index (χ4n) is 6.13. The van der Waals surface area contributed by atoms with E-state index in [0.29, 0.717) is 23.4 Å². The van der Waals surface area contributed by atoms with Gasteiger partial charge in [-0.05, 0) is 62.3 Å². The molecule has 156 valence electrons. The van der Waals surface area contributed by atoms with Gasteiger partial charge in [0.05, 0.1) is 17.3 Å². The van der Waals surface area contributed by atoms with Crippen LogP contribution in [0, 0.1) is 17.8 Å². The first kappa shape index (κ1) is 19.9. The van der Waals surface area contributed by atoms with Crippen molar-refractivity contribution >= 4 is 5.91 Å². The van der Waals surface area contributed by atoms with E-state index in [2.05, 4.69) is 33.0 Å². The molecule has 0 aromatic carbocycles. The molecule has 5 nitrogen and oxygen atoms in total. The quantitative estimate of drug-likeness (QED) is 0.724. The predicted octanol–water partition coefficient (Wildman–Crippen LogP) is 4.04. The van der Waals surface area contributed by atoms with Gasteiger partial charge in [0.15, 0.2) is 0 Å². The van der Waals surface area contributed by atoms with Gasteiger partial charge in [0.1, 0.15) is 5.69 Å². The van der Waals surface area contributed by atoms with Crippen molar-refractivity contribution in [3.8, 4) is 0 Å². The molecule has 0 aliphatic heterocycles. The number of nitrogens with zero attached hydrogens (tertiary/aromatic N) is 2. The Bertz CT molecular complexity index is 719. The fraction of sp³-hybridized carbons (Fsp3) is 0.826. The first-order valence-corrected chi connectivity index (χ1v) is 11.3. The van der Waals surface area contributed by atoms with E-state index in [4.69, 9.17) is 5.10 Å². The van der Waals surface area contributed by atoms with E-state index < -0.39 is 11.6 Å². The van der Waals surface area contributed by atoms with Crippen LogP contribution in [-0.2, 0) is 12.0 Å². The number of carbonyl (C=O) groups is 1. The third kappa shape index (κ3) is 3.51. The molecule has 4 fully saturated rings. The average Bonchev–Trinajstić information content (AvgIpc) is 3.04. The number of hydrogen-bond acceptors (Lipinski definition) is 3. The van der Waals surface area contributed by atoms with Crippen LogP contribution in [0.1, 0.15) is 95.2 Å². The molecule has 1 aromatic heterocycles. The molecule has 5 heteroatoms. The van der Waals surface area contributed by atoms with Crippen LogP contribution in [0.15, 0.2) is 6.07 Å². The smallest absolute Gasteiger partial charge is 0.270 e. The summed E-state index contributed by atoms with van der Waals surface area (Å²) in [5, 5.41) is 19.1. The summed E-state index contributed by atoms with van der Waals surface area (Å²) in [6.45, 7) is 9.37. The fourth-order valence-corrected chi connectivity index (χ4v) is 6.13. The Kier molecular flexibility index (Phi) is 5.09. The minimum atomic E-state index is -0.424. The van der Waals surface area contributed by atoms with Crippen molar-refractivity contribution in [1.82, 2.24) is 15.1 Å². The van der Waals surface area contributed by atoms with Gasteiger partial charge in [0.2, 0.25) is 0 Å². The highest BCUT2D eigenvalue weighted by Crippen LogP contribution is 2.55. The van der Waals surface area contributed by atoms with E-state index in [1.165, 1.54) is 6.42 Å². The molecule has 0 radical (unpaired) electrons. The minimum Gasteiger partial charge on any atom is -0.390 e. The standard InChI is InChI=1S/C23H37N3O2/c1-5-6-7-8-26-18(12-19(25-26)22(2,3)4)21(28)24-23-13-15-9-16(14-23)11-17(10-15)20(23)27/h12,15-17,20,27H,5-11,13-14H2,1-4H3,(H,24,28). The predicted molar refractivity (Wildman–Crippen MR) is 110 cm³/mol. The van der Waals surface area contributed by atoms with Gasteiger partial charge in [-0.15, -0.1) is 0 Å². The second kappa shape index (κ2) is 7.16. The number of carbonyl (C=O) groups excluding carboxylic acids is 1. The molecule has 1 heterocycles. The summed E-state index contributed by atoms with van der Waals surface area (Å²) < 4.78 is 1.90. The summed E-state index contributed by atoms with van der Waals surface area (Å²) >= 11 is 0. The molecule has 5 rings (SSSR count). The normalized spacial score (nSPS) is 34.0. The first-order chi connectivity index (χ1) is 13.2. The number of rotatable bonds is 6. The second-order valence-corrected chi connectivity index (χ2v) is 10.8. The number of amides is 1. The highest BCUT2D eigenvalue weighted by atomic mass is 16.3. The van der Waals surface area contributed by atoms with E-state index in [1.54, 1.807) is 0 Å². The molecular weight excluding hydrogens is 350 g/mol. The molecule has 4 bridgehead atoms. The summed E-state index contributed by atoms with van der Waals surface area (Å²) in [6.07, 6.45) is 8.34. The monoisotopic (exact) mass is 387 g/mol. The molecule has 3 unspecified atom stereocenters. The zero-order chi connectivity index (χ0) is 20.1. The van der Waals surface area contributed by atoms with Crippen LogP contribution in [0.4, 0.5) is 0 Å². The number of aromatic nitrogens is 2. The van der Waals surface area contributed by atoms with Gasteiger partial charge < -0.3 is 10.4 Å². The highest BCUT2D eigenvalue weighted by molar-refractivity contribution is 5.93. The molecule has 0 saturated heterocycles. The Morgan fingerprint density at radius 1 is 1.25 bits per heavy atom. The maximum Gasteiger partial charge on any atom is 0.270 e. The van der Waals surface area contributed by atoms with Crippen LogP contribution < -0.4 is 5.32 Å². The SMILES string of the molecule is CCCCCn1nc(C(C)(C)C)cc1C(=O)NC12CC3CC(CC(C3)C1O)C2. The molecular formula is C23H37N3O2. The summed E-state index contributed by atoms with van der Waals surface area (Å²) in [4.78, 5) is 13.4. The number of aliphatic hydroxyl groups excluding tert-OH is 1. The second-order valence-electron chi connectivity index (χ2n) is 10.8. The molecule has 1 aromatic rings. The number of aliphatic hydroxyl groups is 1. The minimum absolute atomic E-state index is 0.0551. The van der Waals surface area contributed by atoms with E-state index in [9.17, 15) is 9.90 Å². The molecule has 4 aliphatic rings. The Labute approximate surface area is 169 Å². The van der Waals surface area contributed by atoms with Crippen molar-refractivity contribution in [3.05, 3.63) is 17.5 Å². The van der Waals surface area contributed by atoms with Crippen molar-refractivity contribution in [2.24, 2.45) is 17.8 Å². The van der Waals surface area contributed by atoms with Crippen molar-refractivity contribution in [3.63, 3.8) is 0 Å². The average molecular weight is 388 g/mol. The third-order valence-electron chi connectivity index (χ3n) is 7.37. The van der Waals surface area contributed by atoms with Crippen molar-refractivity contribution in [2.45, 2.75) is 103 Å². The van der Waals surface area contributed by atoms with E-state index in [-0.39, 0.29) is 11.3 Å². The maximum absolute atomic E-state index is 13.4. The van der Waals surface area contributed by atoms with Crippen LogP contribution in [0.5, 0.6) is 0 Å². The van der Waals surface area contributed by atoms with Crippen LogP contribution in [0.2, 0.25) is 0 Å². The van der Waals surface area contributed by atoms with E-state index >= 15 is 0 Å². The zero-order valence-electron chi connectivity index (χ0n) is 18.0. The summed E-state index contributed by atoms with van der Waals surface area (Å²) in [6, 6.07) is 1.97. The molecule has 28 heavy (non-hydrogen) atoms. The van der Waals surface area contributed by atoms with Crippen LogP contribution in [-0.4, -0.2) is 32.4 Å². The summed E-state index contributed by atoms with van der Waals surface area (Å²) in [5.41, 5.74) is 1.10. The zero-order valence-corrected chi connectivity index (χ0v) is 18.0. The third-order valence-corrected chi connectivity index (χ3v) is 7.37. The molecule has 4 saturated carbocycles. The number of nitrogens with one attached hydrogen (secondary N) is 1. The lowest BCUT2D eigenvalue weighted by Gasteiger charge is -2.59. The van der Waals surface area contributed by atoms with Crippen molar-refractivity contribution in [1.29, 1.82) is 0 Å². The molecule has 2 N–H and O–H groups in total. The van der Waals surface area contributed by atoms with Crippen LogP contribution in [0.3, 0.4) is 0 Å². The Morgan fingerprint density at radius 3 is 2.54 bits per heavy atom. The van der Waals surface area contributed by atoms with Gasteiger partial charge in [0, 0.05) is 12.0 Å². The lowest BCUT2D eigenvalue weighted by molar-refractivity contribution is -0.118. The number of unbranched alkanes of at least 4 members (excludes halogenated alkanes) is 2. The number of hydrogen-bond donors (Lipinski definition) is 2. The topological polar surface area (TPSA) is 67.2 Å². The first-order valence-electron chi connectivity index (χ1n) is 11.3. The van der Waals surface area contributed by atoms with Gasteiger partial charge >= 0.3 is 0 Å². The largest absolute Gasteiger partial charge is 0.390 e.